The fourth-order valence-electron chi connectivity index (χ4n) is 0. The summed E-state index contributed by atoms with van der Waals surface area (Å²) in [5.74, 6) is 0. The van der Waals surface area contributed by atoms with Gasteiger partial charge in [0.25, 0.3) is 0 Å². The fourth-order valence-corrected chi connectivity index (χ4v) is 0. The Morgan fingerprint density at radius 1 is 1.20 bits per heavy atom. The van der Waals surface area contributed by atoms with Gasteiger partial charge in [0.15, 0.2) is 0 Å². The van der Waals surface area contributed by atoms with Crippen LogP contribution in [0, 0.1) is 0 Å². The zero-order valence-electron chi connectivity index (χ0n) is 2.61. The summed E-state index contributed by atoms with van der Waals surface area (Å²) in [6.07, 6.45) is 0. The Labute approximate surface area is 52.2 Å². The van der Waals surface area contributed by atoms with Crippen LogP contribution in [0.15, 0.2) is 0 Å². The van der Waals surface area contributed by atoms with E-state index in [0.29, 0.717) is 0 Å². The third-order valence-corrected chi connectivity index (χ3v) is 0. The zero-order chi connectivity index (χ0) is 4.00. The molecule has 28 valence electrons. The molecule has 0 heterocycles. The second-order valence-corrected chi connectivity index (χ2v) is 0. The molecule has 0 aliphatic heterocycles. The van der Waals surface area contributed by atoms with Gasteiger partial charge >= 0.3 is 18.9 Å². The van der Waals surface area contributed by atoms with E-state index in [9.17, 15) is 0 Å². The molecule has 5 heteroatoms. The molecule has 0 unspecified atom stereocenters. The molecular formula is HCl2LiO2. The van der Waals surface area contributed by atoms with Crippen LogP contribution in [0.3, 0.4) is 0 Å². The van der Waals surface area contributed by atoms with Crippen molar-refractivity contribution in [1.82, 2.24) is 0 Å². The molecule has 0 bridgehead atoms. The molecular weight excluding hydrogens is 110 g/mol. The Hall–Kier alpha value is 1.10. The Morgan fingerprint density at radius 2 is 1.20 bits per heavy atom. The standard InChI is InChI=1S/ClHO.ClO.Li/c2*1-2;/h2H;;/q;-1;+1. The summed E-state index contributed by atoms with van der Waals surface area (Å²) in [4.78, 5) is 0. The van der Waals surface area contributed by atoms with E-state index in [1.807, 2.05) is 0 Å². The van der Waals surface area contributed by atoms with Crippen molar-refractivity contribution < 1.29 is 28.2 Å². The molecule has 0 spiro atoms. The van der Waals surface area contributed by atoms with E-state index in [2.05, 4.69) is 23.7 Å². The van der Waals surface area contributed by atoms with E-state index >= 15 is 0 Å². The van der Waals surface area contributed by atoms with Crippen LogP contribution in [-0.2, 0) is 0 Å². The van der Waals surface area contributed by atoms with E-state index in [1.54, 1.807) is 0 Å². The second-order valence-electron chi connectivity index (χ2n) is 0. The van der Waals surface area contributed by atoms with Gasteiger partial charge in [-0.25, -0.2) is 11.9 Å². The Bertz CT molecular complexity index is 7.61. The third-order valence-electron chi connectivity index (χ3n) is 0. The molecule has 0 fully saturated rings. The van der Waals surface area contributed by atoms with Crippen LogP contribution >= 0.6 is 23.7 Å². The maximum absolute atomic E-state index is 7.72. The van der Waals surface area contributed by atoms with Crippen LogP contribution in [0.5, 0.6) is 0 Å². The Morgan fingerprint density at radius 3 is 1.20 bits per heavy atom. The first-order valence-electron chi connectivity index (χ1n) is 0.323. The van der Waals surface area contributed by atoms with Gasteiger partial charge in [-0.1, -0.05) is 0 Å². The second kappa shape index (κ2) is 71.1. The van der Waals surface area contributed by atoms with Gasteiger partial charge in [-0.05, 0) is 0 Å². The molecule has 0 atom stereocenters. The van der Waals surface area contributed by atoms with E-state index in [4.69, 9.17) is 9.32 Å². The van der Waals surface area contributed by atoms with E-state index < -0.39 is 0 Å². The molecule has 0 saturated heterocycles. The van der Waals surface area contributed by atoms with Crippen molar-refractivity contribution in [2.45, 2.75) is 0 Å². The van der Waals surface area contributed by atoms with Gasteiger partial charge in [0.2, 0.25) is 0 Å². The largest absolute Gasteiger partial charge is 1.00 e. The zero-order valence-corrected chi connectivity index (χ0v) is 4.12. The van der Waals surface area contributed by atoms with Crippen LogP contribution in [0.2, 0.25) is 0 Å². The minimum atomic E-state index is 0. The summed E-state index contributed by atoms with van der Waals surface area (Å²) in [5.41, 5.74) is 0. The van der Waals surface area contributed by atoms with Gasteiger partial charge < -0.3 is 4.66 Å². The van der Waals surface area contributed by atoms with Crippen molar-refractivity contribution in [3.05, 3.63) is 0 Å². The summed E-state index contributed by atoms with van der Waals surface area (Å²) >= 11 is 7.03. The van der Waals surface area contributed by atoms with Crippen LogP contribution < -0.4 is 23.5 Å². The van der Waals surface area contributed by atoms with Gasteiger partial charge in [-0.3, -0.25) is 4.66 Å². The molecule has 0 rings (SSSR count). The summed E-state index contributed by atoms with van der Waals surface area (Å²) in [6.45, 7) is 0. The average Bonchev–Trinajstić information content (AvgIpc) is 1.50. The number of halogens is 2. The summed E-state index contributed by atoms with van der Waals surface area (Å²) in [5, 5.41) is 0. The molecule has 0 aromatic heterocycles. The summed E-state index contributed by atoms with van der Waals surface area (Å²) < 4.78 is 14.2. The Balaban J connectivity index is -0.0000000133. The van der Waals surface area contributed by atoms with Crippen LogP contribution in [0.4, 0.5) is 0 Å². The molecule has 1 N–H and O–H groups in total. The normalized spacial score (nSPS) is 2.40. The van der Waals surface area contributed by atoms with Crippen molar-refractivity contribution in [3.8, 4) is 0 Å². The topological polar surface area (TPSA) is 43.3 Å². The SMILES string of the molecule is OCl.[Li+].[O-]Cl. The summed E-state index contributed by atoms with van der Waals surface area (Å²) in [7, 11) is 0. The molecule has 0 aliphatic carbocycles. The smallest absolute Gasteiger partial charge is 0.769 e. The predicted molar refractivity (Wildman–Crippen MR) is 13.9 cm³/mol. The first-order chi connectivity index (χ1) is 2.00. The van der Waals surface area contributed by atoms with Crippen molar-refractivity contribution >= 4 is 23.7 Å². The van der Waals surface area contributed by atoms with Crippen LogP contribution in [0.1, 0.15) is 0 Å². The maximum atomic E-state index is 7.72. The number of hydrogen-bond donors (Lipinski definition) is 1. The first kappa shape index (κ1) is 16.5. The quantitative estimate of drug-likeness (QED) is 0.331. The van der Waals surface area contributed by atoms with Crippen molar-refractivity contribution in [3.63, 3.8) is 0 Å². The maximum Gasteiger partial charge on any atom is 1.00 e. The van der Waals surface area contributed by atoms with Gasteiger partial charge in [-0.2, -0.15) is 0 Å². The van der Waals surface area contributed by atoms with E-state index in [0.717, 1.165) is 0 Å². The Kier molecular flexibility index (Phi) is 235. The molecule has 0 saturated carbocycles. The molecule has 5 heavy (non-hydrogen) atoms. The number of hydrogen-bond acceptors (Lipinski definition) is 2. The molecule has 0 amide bonds. The monoisotopic (exact) mass is 110 g/mol. The van der Waals surface area contributed by atoms with Crippen molar-refractivity contribution in [2.75, 3.05) is 0 Å². The average molecular weight is 111 g/mol. The molecule has 0 aromatic rings. The van der Waals surface area contributed by atoms with Gasteiger partial charge in [0, 0.05) is 0 Å². The van der Waals surface area contributed by atoms with Crippen LogP contribution in [-0.4, -0.2) is 4.66 Å². The first-order valence-corrected chi connectivity index (χ1v) is 0.970. The van der Waals surface area contributed by atoms with Gasteiger partial charge in [0.05, 0.1) is 11.9 Å². The van der Waals surface area contributed by atoms with Gasteiger partial charge in [0.1, 0.15) is 0 Å². The predicted octanol–water partition coefficient (Wildman–Crippen LogP) is -3.36. The van der Waals surface area contributed by atoms with E-state index in [-0.39, 0.29) is 18.9 Å². The van der Waals surface area contributed by atoms with Crippen LogP contribution in [0.25, 0.3) is 0 Å². The molecule has 0 aromatic carbocycles. The molecule has 2 nitrogen and oxygen atoms in total. The molecule has 0 radical (unpaired) electrons. The summed E-state index contributed by atoms with van der Waals surface area (Å²) in [6, 6.07) is 0. The van der Waals surface area contributed by atoms with Gasteiger partial charge in [-0.15, -0.1) is 0 Å². The molecule has 0 aliphatic rings. The third kappa shape index (κ3) is 40.6. The number of rotatable bonds is 0. The van der Waals surface area contributed by atoms with Crippen molar-refractivity contribution in [2.24, 2.45) is 0 Å². The van der Waals surface area contributed by atoms with E-state index in [1.165, 1.54) is 0 Å². The minimum Gasteiger partial charge on any atom is -0.769 e. The van der Waals surface area contributed by atoms with Crippen molar-refractivity contribution in [1.29, 1.82) is 0 Å². The fraction of sp³-hybridized carbons (Fsp3) is 0. The minimum absolute atomic E-state index is 0.